The minimum absolute atomic E-state index is 0. The zero-order valence-electron chi connectivity index (χ0n) is 9.50. The van der Waals surface area contributed by atoms with Gasteiger partial charge in [0.2, 0.25) is 0 Å². The summed E-state index contributed by atoms with van der Waals surface area (Å²) >= 11 is 3.57. The molecule has 0 atom stereocenters. The maximum absolute atomic E-state index is 4.50. The summed E-state index contributed by atoms with van der Waals surface area (Å²) in [5.41, 5.74) is 3.57. The molecule has 0 amide bonds. The summed E-state index contributed by atoms with van der Waals surface area (Å²) in [5, 5.41) is 5.66. The SMILES string of the molecule is C.Cc1c2cccc(Br)c2[n+]2[n-]c3nccnc3n12. The van der Waals surface area contributed by atoms with Crippen LogP contribution in [0.1, 0.15) is 13.1 Å². The third-order valence-corrected chi connectivity index (χ3v) is 3.77. The van der Waals surface area contributed by atoms with Crippen LogP contribution in [0.5, 0.6) is 0 Å². The Bertz CT molecular complexity index is 905. The van der Waals surface area contributed by atoms with Crippen LogP contribution in [0.3, 0.4) is 0 Å². The van der Waals surface area contributed by atoms with Crippen molar-refractivity contribution in [1.29, 1.82) is 0 Å². The Morgan fingerprint density at radius 2 is 2.05 bits per heavy atom. The number of para-hydroxylation sites is 1. The molecule has 0 aliphatic carbocycles. The van der Waals surface area contributed by atoms with Gasteiger partial charge < -0.3 is 4.98 Å². The molecule has 0 aliphatic heterocycles. The zero-order valence-corrected chi connectivity index (χ0v) is 11.1. The second-order valence-electron chi connectivity index (χ2n) is 4.13. The van der Waals surface area contributed by atoms with Crippen LogP contribution in [0.25, 0.3) is 22.2 Å². The summed E-state index contributed by atoms with van der Waals surface area (Å²) in [6, 6.07) is 6.11. The van der Waals surface area contributed by atoms with Gasteiger partial charge in [-0.05, 0) is 41.2 Å². The Labute approximate surface area is 118 Å². The Kier molecular flexibility index (Phi) is 2.56. The molecule has 0 fully saturated rings. The van der Waals surface area contributed by atoms with Crippen LogP contribution in [-0.4, -0.2) is 14.5 Å². The van der Waals surface area contributed by atoms with E-state index in [2.05, 4.69) is 44.0 Å². The Morgan fingerprint density at radius 1 is 1.26 bits per heavy atom. The highest BCUT2D eigenvalue weighted by Crippen LogP contribution is 2.24. The van der Waals surface area contributed by atoms with Gasteiger partial charge in [-0.25, -0.2) is 4.98 Å². The molecule has 0 saturated carbocycles. The van der Waals surface area contributed by atoms with E-state index in [0.29, 0.717) is 5.65 Å². The number of aromatic nitrogens is 5. The molecule has 0 N–H and O–H groups in total. The summed E-state index contributed by atoms with van der Waals surface area (Å²) < 4.78 is 4.84. The van der Waals surface area contributed by atoms with Gasteiger partial charge in [0.05, 0.1) is 9.86 Å². The van der Waals surface area contributed by atoms with Crippen molar-refractivity contribution in [3.05, 3.63) is 40.8 Å². The van der Waals surface area contributed by atoms with Crippen molar-refractivity contribution in [3.63, 3.8) is 0 Å². The topological polar surface area (TPSA) is 48.4 Å². The second-order valence-corrected chi connectivity index (χ2v) is 4.98. The van der Waals surface area contributed by atoms with Crippen LogP contribution < -0.4 is 9.73 Å². The standard InChI is InChI=1S/C12H8BrN5.CH4/c1-7-8-3-2-4-9(13)10(8)18-16-11-12(17(7)18)15-6-5-14-11;/h2-6H,1H3;1H4. The molecule has 19 heavy (non-hydrogen) atoms. The van der Waals surface area contributed by atoms with Crippen molar-refractivity contribution in [3.8, 4) is 0 Å². The maximum atomic E-state index is 4.50. The smallest absolute Gasteiger partial charge is 0.260 e. The number of hydrogen-bond donors (Lipinski definition) is 0. The number of hydrogen-bond acceptors (Lipinski definition) is 2. The van der Waals surface area contributed by atoms with Crippen LogP contribution in [0.15, 0.2) is 35.1 Å². The largest absolute Gasteiger partial charge is 0.361 e. The van der Waals surface area contributed by atoms with Gasteiger partial charge in [0, 0.05) is 11.9 Å². The van der Waals surface area contributed by atoms with E-state index in [0.717, 1.165) is 26.7 Å². The molecule has 0 saturated heterocycles. The molecule has 0 aliphatic rings. The van der Waals surface area contributed by atoms with Gasteiger partial charge in [0.1, 0.15) is 5.65 Å². The maximum Gasteiger partial charge on any atom is 0.260 e. The molecule has 3 heterocycles. The van der Waals surface area contributed by atoms with E-state index < -0.39 is 0 Å². The normalized spacial score (nSPS) is 11.3. The van der Waals surface area contributed by atoms with E-state index in [4.69, 9.17) is 0 Å². The van der Waals surface area contributed by atoms with E-state index in [9.17, 15) is 0 Å². The number of benzene rings is 1. The van der Waals surface area contributed by atoms with Crippen molar-refractivity contribution in [2.75, 3.05) is 0 Å². The van der Waals surface area contributed by atoms with Gasteiger partial charge in [-0.1, -0.05) is 18.1 Å². The van der Waals surface area contributed by atoms with Gasteiger partial charge >= 0.3 is 0 Å². The molecule has 6 heteroatoms. The number of halogens is 1. The molecule has 5 nitrogen and oxygen atoms in total. The lowest BCUT2D eigenvalue weighted by atomic mass is 10.2. The molecule has 0 unspecified atom stereocenters. The number of fused-ring (bicyclic) bond motifs is 5. The van der Waals surface area contributed by atoms with E-state index in [1.54, 1.807) is 12.4 Å². The molecule has 0 radical (unpaired) electrons. The van der Waals surface area contributed by atoms with Crippen LogP contribution in [0.4, 0.5) is 0 Å². The molecular weight excluding hydrogens is 306 g/mol. The van der Waals surface area contributed by atoms with Crippen molar-refractivity contribution >= 4 is 38.1 Å². The predicted octanol–water partition coefficient (Wildman–Crippen LogP) is 2.29. The molecule has 0 spiro atoms. The lowest BCUT2D eigenvalue weighted by molar-refractivity contribution is -0.650. The van der Waals surface area contributed by atoms with Crippen molar-refractivity contribution in [1.82, 2.24) is 19.6 Å². The number of aryl methyl sites for hydroxylation is 1. The van der Waals surface area contributed by atoms with Gasteiger partial charge in [0.15, 0.2) is 5.65 Å². The first-order valence-electron chi connectivity index (χ1n) is 5.52. The summed E-state index contributed by atoms with van der Waals surface area (Å²) in [6.45, 7) is 2.06. The molecular formula is C13H12BrN5. The first kappa shape index (κ1) is 12.1. The molecule has 3 aromatic heterocycles. The fraction of sp³-hybridized carbons (Fsp3) is 0.154. The van der Waals surface area contributed by atoms with Crippen molar-refractivity contribution < 1.29 is 4.63 Å². The third kappa shape index (κ3) is 1.43. The van der Waals surface area contributed by atoms with Crippen LogP contribution in [0, 0.1) is 6.92 Å². The predicted molar refractivity (Wildman–Crippen MR) is 76.1 cm³/mol. The number of nitrogens with zero attached hydrogens (tertiary/aromatic N) is 5. The van der Waals surface area contributed by atoms with Gasteiger partial charge in [-0.3, -0.25) is 0 Å². The molecule has 4 rings (SSSR count). The average Bonchev–Trinajstić information content (AvgIpc) is 2.87. The monoisotopic (exact) mass is 317 g/mol. The Balaban J connectivity index is 0.00000110. The second kappa shape index (κ2) is 4.03. The minimum Gasteiger partial charge on any atom is -0.361 e. The average molecular weight is 318 g/mol. The van der Waals surface area contributed by atoms with Crippen LogP contribution in [0.2, 0.25) is 0 Å². The summed E-state index contributed by atoms with van der Waals surface area (Å²) in [7, 11) is 0. The van der Waals surface area contributed by atoms with Crippen LogP contribution >= 0.6 is 15.9 Å². The van der Waals surface area contributed by atoms with Crippen molar-refractivity contribution in [2.24, 2.45) is 0 Å². The first-order valence-corrected chi connectivity index (χ1v) is 6.32. The highest BCUT2D eigenvalue weighted by atomic mass is 79.9. The number of rotatable bonds is 0. The summed E-state index contributed by atoms with van der Waals surface area (Å²) in [5.74, 6) is 0. The molecule has 96 valence electrons. The fourth-order valence-corrected chi connectivity index (χ4v) is 2.87. The van der Waals surface area contributed by atoms with Gasteiger partial charge in [0.25, 0.3) is 5.52 Å². The Morgan fingerprint density at radius 3 is 2.89 bits per heavy atom. The van der Waals surface area contributed by atoms with Crippen molar-refractivity contribution in [2.45, 2.75) is 14.4 Å². The van der Waals surface area contributed by atoms with E-state index >= 15 is 0 Å². The summed E-state index contributed by atoms with van der Waals surface area (Å²) in [4.78, 5) is 8.59. The zero-order chi connectivity index (χ0) is 12.3. The molecule has 4 aromatic rings. The lowest BCUT2D eigenvalue weighted by Crippen LogP contribution is -2.30. The van der Waals surface area contributed by atoms with E-state index in [1.807, 2.05) is 21.3 Å². The lowest BCUT2D eigenvalue weighted by Gasteiger charge is -1.92. The first-order chi connectivity index (χ1) is 8.77. The third-order valence-electron chi connectivity index (χ3n) is 3.13. The minimum atomic E-state index is 0. The Hall–Kier alpha value is -1.95. The highest BCUT2D eigenvalue weighted by Gasteiger charge is 2.19. The van der Waals surface area contributed by atoms with Crippen LogP contribution in [-0.2, 0) is 0 Å². The highest BCUT2D eigenvalue weighted by molar-refractivity contribution is 9.10. The van der Waals surface area contributed by atoms with E-state index in [-0.39, 0.29) is 7.43 Å². The fourth-order valence-electron chi connectivity index (χ4n) is 2.34. The molecule has 0 bridgehead atoms. The summed E-state index contributed by atoms with van der Waals surface area (Å²) in [6.07, 6.45) is 3.34. The quantitative estimate of drug-likeness (QED) is 0.467. The van der Waals surface area contributed by atoms with Gasteiger partial charge in [-0.15, -0.1) is 5.10 Å². The van der Waals surface area contributed by atoms with E-state index in [1.165, 1.54) is 0 Å². The molecule has 1 aromatic carbocycles. The van der Waals surface area contributed by atoms with Gasteiger partial charge in [-0.2, -0.15) is 4.52 Å².